The molecular formula is C17H19NO. The van der Waals surface area contributed by atoms with Crippen LogP contribution in [0, 0.1) is 5.92 Å². The highest BCUT2D eigenvalue weighted by molar-refractivity contribution is 6.02. The van der Waals surface area contributed by atoms with E-state index in [9.17, 15) is 4.79 Å². The van der Waals surface area contributed by atoms with Gasteiger partial charge in [0.25, 0.3) is 0 Å². The molecule has 0 saturated carbocycles. The maximum atomic E-state index is 12.5. The number of piperidine rings is 4. The van der Waals surface area contributed by atoms with E-state index in [2.05, 4.69) is 23.1 Å². The summed E-state index contributed by atoms with van der Waals surface area (Å²) in [5.74, 6) is 0.688. The van der Waals surface area contributed by atoms with Crippen LogP contribution in [0.4, 0.5) is 0 Å². The molecule has 2 nitrogen and oxygen atoms in total. The van der Waals surface area contributed by atoms with Crippen LogP contribution in [0.15, 0.2) is 36.0 Å². The van der Waals surface area contributed by atoms with Crippen molar-refractivity contribution >= 4 is 11.9 Å². The van der Waals surface area contributed by atoms with Gasteiger partial charge in [-0.05, 0) is 43.7 Å². The van der Waals surface area contributed by atoms with Crippen LogP contribution in [0.25, 0.3) is 6.08 Å². The number of benzene rings is 1. The number of nitrogens with zero attached hydrogens (tertiary/aromatic N) is 1. The molecule has 0 amide bonds. The number of hydrogen-bond donors (Lipinski definition) is 0. The fourth-order valence-electron chi connectivity index (χ4n) is 4.18. The predicted octanol–water partition coefficient (Wildman–Crippen LogP) is 3.24. The SMILES string of the molecule is O=C1/C(=C\c2ccccc2)N2[C@@H]3CCC[C@H]2CC1C3. The summed E-state index contributed by atoms with van der Waals surface area (Å²) in [6.07, 6.45) is 8.19. The fourth-order valence-corrected chi connectivity index (χ4v) is 4.18. The van der Waals surface area contributed by atoms with Crippen LogP contribution >= 0.6 is 0 Å². The van der Waals surface area contributed by atoms with Crippen LogP contribution in [0.3, 0.4) is 0 Å². The van der Waals surface area contributed by atoms with Crippen molar-refractivity contribution in [3.05, 3.63) is 41.6 Å². The molecule has 4 aliphatic heterocycles. The highest BCUT2D eigenvalue weighted by Crippen LogP contribution is 2.46. The number of hydrogen-bond acceptors (Lipinski definition) is 2. The number of ketones is 1. The van der Waals surface area contributed by atoms with E-state index in [0.717, 1.165) is 24.1 Å². The van der Waals surface area contributed by atoms with Gasteiger partial charge in [0.05, 0.1) is 5.70 Å². The van der Waals surface area contributed by atoms with Gasteiger partial charge in [-0.2, -0.15) is 0 Å². The van der Waals surface area contributed by atoms with E-state index in [4.69, 9.17) is 0 Å². The first-order valence-corrected chi connectivity index (χ1v) is 7.42. The van der Waals surface area contributed by atoms with Gasteiger partial charge in [0.1, 0.15) is 0 Å². The van der Waals surface area contributed by atoms with Crippen molar-refractivity contribution in [3.63, 3.8) is 0 Å². The average molecular weight is 253 g/mol. The molecule has 2 heteroatoms. The Morgan fingerprint density at radius 3 is 2.42 bits per heavy atom. The lowest BCUT2D eigenvalue weighted by Gasteiger charge is -2.55. The minimum absolute atomic E-state index is 0.301. The number of rotatable bonds is 1. The molecule has 4 saturated heterocycles. The van der Waals surface area contributed by atoms with E-state index in [-0.39, 0.29) is 0 Å². The van der Waals surface area contributed by atoms with Gasteiger partial charge in [-0.25, -0.2) is 0 Å². The van der Waals surface area contributed by atoms with Gasteiger partial charge in [-0.1, -0.05) is 30.3 Å². The van der Waals surface area contributed by atoms with E-state index in [1.807, 2.05) is 18.2 Å². The zero-order valence-corrected chi connectivity index (χ0v) is 11.1. The van der Waals surface area contributed by atoms with Crippen LogP contribution in [0.1, 0.15) is 37.7 Å². The zero-order valence-electron chi connectivity index (χ0n) is 11.1. The Hall–Kier alpha value is -1.57. The predicted molar refractivity (Wildman–Crippen MR) is 75.4 cm³/mol. The third-order valence-electron chi connectivity index (χ3n) is 4.98. The second-order valence-corrected chi connectivity index (χ2v) is 6.12. The van der Waals surface area contributed by atoms with Crippen molar-refractivity contribution in [3.8, 4) is 0 Å². The molecule has 98 valence electrons. The second-order valence-electron chi connectivity index (χ2n) is 6.12. The van der Waals surface area contributed by atoms with Gasteiger partial charge in [0.2, 0.25) is 0 Å². The summed E-state index contributed by atoms with van der Waals surface area (Å²) in [7, 11) is 0. The summed E-state index contributed by atoms with van der Waals surface area (Å²) in [6, 6.07) is 11.5. The Morgan fingerprint density at radius 2 is 1.74 bits per heavy atom. The van der Waals surface area contributed by atoms with E-state index < -0.39 is 0 Å². The Kier molecular flexibility index (Phi) is 2.51. The quantitative estimate of drug-likeness (QED) is 0.716. The standard InChI is InChI=1S/C17H19NO/c19-17-13-10-14-7-4-8-15(11-13)18(14)16(17)9-12-5-2-1-3-6-12/h1-3,5-6,9,13-15H,4,7-8,10-11H2/b16-9+/t13?,14-,15+. The van der Waals surface area contributed by atoms with Crippen molar-refractivity contribution in [2.45, 2.75) is 44.2 Å². The van der Waals surface area contributed by atoms with Crippen molar-refractivity contribution in [1.29, 1.82) is 0 Å². The highest BCUT2D eigenvalue weighted by atomic mass is 16.1. The molecular weight excluding hydrogens is 234 g/mol. The van der Waals surface area contributed by atoms with Crippen molar-refractivity contribution in [2.24, 2.45) is 5.92 Å². The Bertz CT molecular complexity index is 519. The van der Waals surface area contributed by atoms with E-state index in [0.29, 0.717) is 23.8 Å². The molecule has 1 unspecified atom stereocenters. The molecule has 3 atom stereocenters. The smallest absolute Gasteiger partial charge is 0.182 e. The van der Waals surface area contributed by atoms with Crippen molar-refractivity contribution in [1.82, 2.24) is 4.90 Å². The molecule has 0 N–H and O–H groups in total. The van der Waals surface area contributed by atoms with Gasteiger partial charge >= 0.3 is 0 Å². The lowest BCUT2D eigenvalue weighted by atomic mass is 9.71. The van der Waals surface area contributed by atoms with Crippen molar-refractivity contribution < 1.29 is 4.79 Å². The average Bonchev–Trinajstić information content (AvgIpc) is 2.43. The van der Waals surface area contributed by atoms with Crippen LogP contribution in [-0.2, 0) is 4.79 Å². The summed E-state index contributed by atoms with van der Waals surface area (Å²) in [5.41, 5.74) is 2.14. The first-order chi connectivity index (χ1) is 9.33. The molecule has 4 heterocycles. The van der Waals surface area contributed by atoms with Gasteiger partial charge < -0.3 is 4.90 Å². The third kappa shape index (κ3) is 1.73. The molecule has 1 aromatic carbocycles. The lowest BCUT2D eigenvalue weighted by molar-refractivity contribution is -0.132. The summed E-state index contributed by atoms with van der Waals surface area (Å²) >= 11 is 0. The topological polar surface area (TPSA) is 20.3 Å². The van der Waals surface area contributed by atoms with Gasteiger partial charge in [-0.15, -0.1) is 0 Å². The summed E-state index contributed by atoms with van der Waals surface area (Å²) in [4.78, 5) is 15.0. The molecule has 0 spiro atoms. The zero-order chi connectivity index (χ0) is 12.8. The number of carbonyl (C=O) groups is 1. The maximum absolute atomic E-state index is 12.5. The third-order valence-corrected chi connectivity index (χ3v) is 4.98. The molecule has 0 aromatic heterocycles. The largest absolute Gasteiger partial charge is 0.363 e. The van der Waals surface area contributed by atoms with E-state index in [1.54, 1.807) is 0 Å². The maximum Gasteiger partial charge on any atom is 0.182 e. The van der Waals surface area contributed by atoms with Crippen LogP contribution in [0.5, 0.6) is 0 Å². The molecule has 19 heavy (non-hydrogen) atoms. The molecule has 5 rings (SSSR count). The highest BCUT2D eigenvalue weighted by Gasteiger charge is 2.48. The molecule has 1 aromatic rings. The number of fused-ring (bicyclic) bond motifs is 1. The monoisotopic (exact) mass is 253 g/mol. The Balaban J connectivity index is 1.75. The normalized spacial score (nSPS) is 34.9. The van der Waals surface area contributed by atoms with Crippen LogP contribution in [-0.4, -0.2) is 22.8 Å². The summed E-state index contributed by atoms with van der Waals surface area (Å²) in [6.45, 7) is 0. The minimum atomic E-state index is 0.301. The molecule has 4 bridgehead atoms. The van der Waals surface area contributed by atoms with Gasteiger partial charge in [-0.3, -0.25) is 4.79 Å². The molecule has 0 radical (unpaired) electrons. The number of Topliss-reactive ketones (excluding diaryl/α,β-unsaturated/α-hetero) is 1. The van der Waals surface area contributed by atoms with E-state index in [1.165, 1.54) is 19.3 Å². The van der Waals surface area contributed by atoms with Gasteiger partial charge in [0.15, 0.2) is 5.78 Å². The molecule has 0 aliphatic carbocycles. The van der Waals surface area contributed by atoms with Crippen LogP contribution in [0.2, 0.25) is 0 Å². The van der Waals surface area contributed by atoms with Crippen LogP contribution < -0.4 is 0 Å². The first kappa shape index (κ1) is 11.3. The summed E-state index contributed by atoms with van der Waals surface area (Å²) in [5, 5.41) is 0. The minimum Gasteiger partial charge on any atom is -0.363 e. The lowest BCUT2D eigenvalue weighted by Crippen LogP contribution is -2.59. The van der Waals surface area contributed by atoms with Crippen molar-refractivity contribution in [2.75, 3.05) is 0 Å². The molecule has 4 fully saturated rings. The van der Waals surface area contributed by atoms with Gasteiger partial charge in [0, 0.05) is 18.0 Å². The first-order valence-electron chi connectivity index (χ1n) is 7.42. The fraction of sp³-hybridized carbons (Fsp3) is 0.471. The van der Waals surface area contributed by atoms with E-state index >= 15 is 0 Å². The summed E-state index contributed by atoms with van der Waals surface area (Å²) < 4.78 is 0. The number of carbonyl (C=O) groups excluding carboxylic acids is 1. The number of allylic oxidation sites excluding steroid dienone is 1. The molecule has 4 aliphatic rings. The Labute approximate surface area is 114 Å². The second kappa shape index (κ2) is 4.22. The Morgan fingerprint density at radius 1 is 1.05 bits per heavy atom.